The minimum absolute atomic E-state index is 0.0480. The average Bonchev–Trinajstić information content (AvgIpc) is 3.16. The highest BCUT2D eigenvalue weighted by Crippen LogP contribution is 2.25. The maximum atomic E-state index is 12.7. The monoisotopic (exact) mass is 482 g/mol. The highest BCUT2D eigenvalue weighted by atomic mass is 32.2. The number of amides is 2. The molecule has 0 radical (unpaired) electrons. The number of non-ortho nitro benzene ring substituents is 1. The number of nitrogens with one attached hydrogen (secondary N) is 2. The average molecular weight is 483 g/mol. The second kappa shape index (κ2) is 10.9. The highest BCUT2D eigenvalue weighted by molar-refractivity contribution is 7.99. The molecule has 1 heterocycles. The van der Waals surface area contributed by atoms with Gasteiger partial charge in [-0.2, -0.15) is 0 Å². The molecule has 0 aliphatic heterocycles. The van der Waals surface area contributed by atoms with Gasteiger partial charge in [0.15, 0.2) is 11.0 Å². The van der Waals surface area contributed by atoms with Gasteiger partial charge < -0.3 is 15.2 Å². The van der Waals surface area contributed by atoms with Gasteiger partial charge in [0.25, 0.3) is 11.6 Å². The van der Waals surface area contributed by atoms with Crippen LogP contribution in [0.5, 0.6) is 0 Å². The summed E-state index contributed by atoms with van der Waals surface area (Å²) in [7, 11) is 1.79. The van der Waals surface area contributed by atoms with Crippen molar-refractivity contribution in [2.45, 2.75) is 32.0 Å². The first-order chi connectivity index (χ1) is 16.2. The van der Waals surface area contributed by atoms with Gasteiger partial charge in [-0.05, 0) is 37.1 Å². The van der Waals surface area contributed by atoms with E-state index in [0.717, 1.165) is 5.56 Å². The van der Waals surface area contributed by atoms with E-state index in [1.54, 1.807) is 23.7 Å². The topological polar surface area (TPSA) is 132 Å². The molecule has 0 unspecified atom stereocenters. The molecular weight excluding hydrogens is 456 g/mol. The van der Waals surface area contributed by atoms with Crippen LogP contribution in [0.25, 0.3) is 0 Å². The summed E-state index contributed by atoms with van der Waals surface area (Å²) >= 11 is 1.21. The Morgan fingerprint density at radius 1 is 1.09 bits per heavy atom. The minimum Gasteiger partial charge on any atom is -0.342 e. The summed E-state index contributed by atoms with van der Waals surface area (Å²) in [6.07, 6.45) is 0. The van der Waals surface area contributed by atoms with Crippen molar-refractivity contribution in [1.82, 2.24) is 20.1 Å². The molecule has 3 aromatic rings. The van der Waals surface area contributed by atoms with Crippen molar-refractivity contribution in [2.24, 2.45) is 13.0 Å². The van der Waals surface area contributed by atoms with Gasteiger partial charge in [-0.1, -0.05) is 43.3 Å². The third-order valence-electron chi connectivity index (χ3n) is 5.11. The summed E-state index contributed by atoms with van der Waals surface area (Å²) in [5, 5.41) is 25.5. The molecule has 3 rings (SSSR count). The number of nitrogens with zero attached hydrogens (tertiary/aromatic N) is 4. The van der Waals surface area contributed by atoms with Crippen LogP contribution in [0, 0.1) is 23.0 Å². The van der Waals surface area contributed by atoms with Crippen LogP contribution in [0.15, 0.2) is 53.7 Å². The third-order valence-corrected chi connectivity index (χ3v) is 6.13. The van der Waals surface area contributed by atoms with Gasteiger partial charge in [-0.15, -0.1) is 10.2 Å². The number of hydrogen-bond donors (Lipinski definition) is 2. The van der Waals surface area contributed by atoms with E-state index in [1.165, 1.54) is 36.0 Å². The second-order valence-electron chi connectivity index (χ2n) is 8.10. The molecule has 178 valence electrons. The zero-order valence-corrected chi connectivity index (χ0v) is 20.1. The Hall–Kier alpha value is -3.73. The normalized spacial score (nSPS) is 11.8. The van der Waals surface area contributed by atoms with Crippen molar-refractivity contribution in [3.8, 4) is 0 Å². The second-order valence-corrected chi connectivity index (χ2v) is 9.04. The predicted molar refractivity (Wildman–Crippen MR) is 130 cm³/mol. The fourth-order valence-electron chi connectivity index (χ4n) is 3.18. The molecule has 10 nitrogen and oxygen atoms in total. The number of aromatic nitrogens is 3. The molecule has 0 saturated heterocycles. The zero-order chi connectivity index (χ0) is 24.8. The van der Waals surface area contributed by atoms with Gasteiger partial charge in [0, 0.05) is 30.4 Å². The molecule has 11 heteroatoms. The molecule has 2 amide bonds. The lowest BCUT2D eigenvalue weighted by atomic mass is 10.0. The maximum Gasteiger partial charge on any atom is 0.269 e. The molecule has 0 fully saturated rings. The first-order valence-corrected chi connectivity index (χ1v) is 11.6. The van der Waals surface area contributed by atoms with Crippen LogP contribution in [0.1, 0.15) is 41.6 Å². The Labute approximate surface area is 201 Å². The van der Waals surface area contributed by atoms with Crippen molar-refractivity contribution >= 4 is 35.0 Å². The molecule has 0 aliphatic rings. The molecule has 34 heavy (non-hydrogen) atoms. The Morgan fingerprint density at radius 2 is 1.74 bits per heavy atom. The summed E-state index contributed by atoms with van der Waals surface area (Å²) in [6.45, 7) is 5.93. The molecule has 2 aromatic carbocycles. The Kier molecular flexibility index (Phi) is 8.00. The number of anilines is 1. The Morgan fingerprint density at radius 3 is 2.32 bits per heavy atom. The number of rotatable bonds is 9. The first kappa shape index (κ1) is 24.9. The lowest BCUT2D eigenvalue weighted by molar-refractivity contribution is -0.384. The summed E-state index contributed by atoms with van der Waals surface area (Å²) in [5.74, 6) is 0.245. The van der Waals surface area contributed by atoms with Crippen molar-refractivity contribution in [3.05, 3.63) is 75.6 Å². The van der Waals surface area contributed by atoms with Crippen LogP contribution in [0.2, 0.25) is 0 Å². The fourth-order valence-corrected chi connectivity index (χ4v) is 3.89. The number of hydrogen-bond acceptors (Lipinski definition) is 7. The SMILES string of the molecule is Cc1ccc(C(=O)N[C@H](c2nnc(SCC(=O)Nc3ccc([N+](=O)[O-])cc3)n2C)C(C)C)cc1. The Bertz CT molecular complexity index is 1180. The van der Waals surface area contributed by atoms with Crippen LogP contribution in [0.3, 0.4) is 0 Å². The summed E-state index contributed by atoms with van der Waals surface area (Å²) in [6, 6.07) is 12.6. The maximum absolute atomic E-state index is 12.7. The van der Waals surface area contributed by atoms with Crippen LogP contribution in [-0.2, 0) is 11.8 Å². The molecule has 0 spiro atoms. The van der Waals surface area contributed by atoms with Crippen LogP contribution in [-0.4, -0.2) is 37.3 Å². The summed E-state index contributed by atoms with van der Waals surface area (Å²) in [4.78, 5) is 35.3. The molecule has 0 aliphatic carbocycles. The molecule has 0 saturated carbocycles. The summed E-state index contributed by atoms with van der Waals surface area (Å²) in [5.41, 5.74) is 2.06. The standard InChI is InChI=1S/C23H26N6O4S/c1-14(2)20(25-22(31)16-7-5-15(3)6-8-16)21-26-27-23(28(21)4)34-13-19(30)24-17-9-11-18(12-10-17)29(32)33/h5-12,14,20H,13H2,1-4H3,(H,24,30)(H,25,31)/t20-/m0/s1. The zero-order valence-electron chi connectivity index (χ0n) is 19.3. The lowest BCUT2D eigenvalue weighted by Gasteiger charge is -2.21. The van der Waals surface area contributed by atoms with Crippen LogP contribution in [0.4, 0.5) is 11.4 Å². The quantitative estimate of drug-likeness (QED) is 0.269. The summed E-state index contributed by atoms with van der Waals surface area (Å²) < 4.78 is 1.77. The highest BCUT2D eigenvalue weighted by Gasteiger charge is 2.25. The number of aryl methyl sites for hydroxylation is 1. The van der Waals surface area contributed by atoms with E-state index in [0.29, 0.717) is 22.2 Å². The molecule has 0 bridgehead atoms. The van der Waals surface area contributed by atoms with Crippen molar-refractivity contribution in [2.75, 3.05) is 11.1 Å². The van der Waals surface area contributed by atoms with Crippen LogP contribution < -0.4 is 10.6 Å². The van der Waals surface area contributed by atoms with Crippen molar-refractivity contribution in [3.63, 3.8) is 0 Å². The number of carbonyl (C=O) groups excluding carboxylic acids is 2. The number of benzene rings is 2. The molecule has 2 N–H and O–H groups in total. The molecule has 1 atom stereocenters. The lowest BCUT2D eigenvalue weighted by Crippen LogP contribution is -2.33. The number of carbonyl (C=O) groups is 2. The van der Waals surface area contributed by atoms with Crippen LogP contribution >= 0.6 is 11.8 Å². The van der Waals surface area contributed by atoms with Crippen molar-refractivity contribution < 1.29 is 14.5 Å². The Balaban J connectivity index is 1.63. The predicted octanol–water partition coefficient (Wildman–Crippen LogP) is 3.89. The van der Waals surface area contributed by atoms with E-state index in [4.69, 9.17) is 0 Å². The van der Waals surface area contributed by atoms with E-state index >= 15 is 0 Å². The van der Waals surface area contributed by atoms with E-state index in [1.807, 2.05) is 32.9 Å². The largest absolute Gasteiger partial charge is 0.342 e. The van der Waals surface area contributed by atoms with Gasteiger partial charge in [-0.25, -0.2) is 0 Å². The van der Waals surface area contributed by atoms with Gasteiger partial charge in [0.05, 0.1) is 16.7 Å². The van der Waals surface area contributed by atoms with Crippen molar-refractivity contribution in [1.29, 1.82) is 0 Å². The fraction of sp³-hybridized carbons (Fsp3) is 0.304. The van der Waals surface area contributed by atoms with E-state index in [2.05, 4.69) is 20.8 Å². The van der Waals surface area contributed by atoms with Gasteiger partial charge in [-0.3, -0.25) is 19.7 Å². The van der Waals surface area contributed by atoms with E-state index in [9.17, 15) is 19.7 Å². The first-order valence-electron chi connectivity index (χ1n) is 10.6. The molecule has 1 aromatic heterocycles. The van der Waals surface area contributed by atoms with E-state index in [-0.39, 0.29) is 35.2 Å². The number of thioether (sulfide) groups is 1. The number of nitro benzene ring substituents is 1. The van der Waals surface area contributed by atoms with E-state index < -0.39 is 4.92 Å². The van der Waals surface area contributed by atoms with Gasteiger partial charge in [0.1, 0.15) is 0 Å². The number of nitro groups is 1. The smallest absolute Gasteiger partial charge is 0.269 e. The van der Waals surface area contributed by atoms with Gasteiger partial charge >= 0.3 is 0 Å². The third kappa shape index (κ3) is 6.19. The van der Waals surface area contributed by atoms with Gasteiger partial charge in [0.2, 0.25) is 5.91 Å². The molecular formula is C23H26N6O4S. The minimum atomic E-state index is -0.499.